The van der Waals surface area contributed by atoms with Gasteiger partial charge < -0.3 is 11.1 Å². The predicted octanol–water partition coefficient (Wildman–Crippen LogP) is 2.14. The summed E-state index contributed by atoms with van der Waals surface area (Å²) < 4.78 is 0. The van der Waals surface area contributed by atoms with Crippen molar-refractivity contribution in [3.05, 3.63) is 0 Å². The van der Waals surface area contributed by atoms with Gasteiger partial charge in [-0.25, -0.2) is 0 Å². The highest BCUT2D eigenvalue weighted by Crippen LogP contribution is 2.46. The van der Waals surface area contributed by atoms with Gasteiger partial charge in [-0.15, -0.1) is 0 Å². The molecule has 0 aromatic heterocycles. The van der Waals surface area contributed by atoms with E-state index < -0.39 is 5.41 Å². The second-order valence-corrected chi connectivity index (χ2v) is 5.99. The van der Waals surface area contributed by atoms with Crippen molar-refractivity contribution >= 4 is 23.1 Å². The van der Waals surface area contributed by atoms with E-state index in [-0.39, 0.29) is 5.91 Å². The van der Waals surface area contributed by atoms with Gasteiger partial charge in [0.1, 0.15) is 0 Å². The first kappa shape index (κ1) is 12.8. The number of carbonyl (C=O) groups excluding carboxylic acids is 1. The summed E-state index contributed by atoms with van der Waals surface area (Å²) in [6.07, 6.45) is 7.62. The Morgan fingerprint density at radius 2 is 1.94 bits per heavy atom. The normalized spacial score (nSPS) is 30.6. The molecule has 4 heteroatoms. The second kappa shape index (κ2) is 4.92. The van der Waals surface area contributed by atoms with Crippen molar-refractivity contribution in [3.8, 4) is 0 Å². The third-order valence-corrected chi connectivity index (χ3v) is 4.81. The first-order valence-corrected chi connectivity index (χ1v) is 7.10. The summed E-state index contributed by atoms with van der Waals surface area (Å²) in [6, 6.07) is 0.345. The summed E-state index contributed by atoms with van der Waals surface area (Å²) >= 11 is 4.99. The van der Waals surface area contributed by atoms with Crippen LogP contribution in [0.15, 0.2) is 0 Å². The van der Waals surface area contributed by atoms with Crippen molar-refractivity contribution in [2.45, 2.75) is 57.9 Å². The number of thiocarbonyl (C=S) groups is 1. The maximum Gasteiger partial charge on any atom is 0.233 e. The predicted molar refractivity (Wildman–Crippen MR) is 72.6 cm³/mol. The molecule has 2 aliphatic carbocycles. The number of hydrogen-bond donors (Lipinski definition) is 2. The van der Waals surface area contributed by atoms with Crippen molar-refractivity contribution in [1.82, 2.24) is 5.32 Å². The van der Waals surface area contributed by atoms with Gasteiger partial charge in [-0.3, -0.25) is 4.79 Å². The van der Waals surface area contributed by atoms with E-state index in [1.165, 1.54) is 19.3 Å². The SMILES string of the molecule is CCC1CCC(NC(=O)C2(C(N)=S)CC2)CC1. The van der Waals surface area contributed by atoms with Crippen LogP contribution < -0.4 is 11.1 Å². The summed E-state index contributed by atoms with van der Waals surface area (Å²) in [7, 11) is 0. The van der Waals surface area contributed by atoms with Gasteiger partial charge in [0.05, 0.1) is 10.4 Å². The molecule has 0 unspecified atom stereocenters. The van der Waals surface area contributed by atoms with E-state index in [4.69, 9.17) is 18.0 Å². The molecule has 0 aromatic carbocycles. The number of nitrogens with one attached hydrogen (secondary N) is 1. The van der Waals surface area contributed by atoms with Crippen LogP contribution in [-0.4, -0.2) is 16.9 Å². The zero-order valence-electron chi connectivity index (χ0n) is 10.5. The fourth-order valence-corrected chi connectivity index (χ4v) is 3.05. The standard InChI is InChI=1S/C13H22N2OS/c1-2-9-3-5-10(6-4-9)15-12(16)13(7-8-13)11(14)17/h9-10H,2-8H2,1H3,(H2,14,17)(H,15,16). The van der Waals surface area contributed by atoms with Gasteiger partial charge in [-0.1, -0.05) is 25.6 Å². The number of carbonyl (C=O) groups is 1. The van der Waals surface area contributed by atoms with Gasteiger partial charge in [0, 0.05) is 6.04 Å². The van der Waals surface area contributed by atoms with Crippen molar-refractivity contribution in [3.63, 3.8) is 0 Å². The Balaban J connectivity index is 1.82. The van der Waals surface area contributed by atoms with Crippen LogP contribution in [0.4, 0.5) is 0 Å². The van der Waals surface area contributed by atoms with Gasteiger partial charge in [0.25, 0.3) is 0 Å². The van der Waals surface area contributed by atoms with Gasteiger partial charge in [0.2, 0.25) is 5.91 Å². The fourth-order valence-electron chi connectivity index (χ4n) is 2.75. The molecule has 0 atom stereocenters. The highest BCUT2D eigenvalue weighted by molar-refractivity contribution is 7.80. The zero-order valence-corrected chi connectivity index (χ0v) is 11.3. The van der Waals surface area contributed by atoms with Crippen molar-refractivity contribution in [2.24, 2.45) is 17.1 Å². The fraction of sp³-hybridized carbons (Fsp3) is 0.846. The van der Waals surface area contributed by atoms with E-state index in [2.05, 4.69) is 12.2 Å². The summed E-state index contributed by atoms with van der Waals surface area (Å²) in [5.74, 6) is 0.929. The molecule has 3 N–H and O–H groups in total. The lowest BCUT2D eigenvalue weighted by molar-refractivity contribution is -0.125. The summed E-state index contributed by atoms with van der Waals surface area (Å²) in [4.78, 5) is 12.5. The topological polar surface area (TPSA) is 55.1 Å². The van der Waals surface area contributed by atoms with Crippen LogP contribution >= 0.6 is 12.2 Å². The third-order valence-electron chi connectivity index (χ3n) is 4.42. The maximum atomic E-state index is 12.1. The number of amides is 1. The van der Waals surface area contributed by atoms with Gasteiger partial charge in [-0.2, -0.15) is 0 Å². The highest BCUT2D eigenvalue weighted by Gasteiger charge is 2.53. The van der Waals surface area contributed by atoms with Crippen LogP contribution in [0.2, 0.25) is 0 Å². The largest absolute Gasteiger partial charge is 0.392 e. The lowest BCUT2D eigenvalue weighted by atomic mass is 9.84. The first-order chi connectivity index (χ1) is 8.08. The Hall–Kier alpha value is -0.640. The smallest absolute Gasteiger partial charge is 0.233 e. The lowest BCUT2D eigenvalue weighted by Crippen LogP contribution is -2.45. The van der Waals surface area contributed by atoms with Crippen LogP contribution in [0, 0.1) is 11.3 Å². The molecule has 0 aliphatic heterocycles. The summed E-state index contributed by atoms with van der Waals surface area (Å²) in [6.45, 7) is 2.25. The summed E-state index contributed by atoms with van der Waals surface area (Å²) in [5.41, 5.74) is 5.16. The molecule has 3 nitrogen and oxygen atoms in total. The second-order valence-electron chi connectivity index (χ2n) is 5.55. The maximum absolute atomic E-state index is 12.1. The number of nitrogens with two attached hydrogens (primary N) is 1. The van der Waals surface area contributed by atoms with Crippen LogP contribution in [0.25, 0.3) is 0 Å². The minimum absolute atomic E-state index is 0.0740. The average molecular weight is 254 g/mol. The number of rotatable bonds is 4. The Labute approximate surface area is 109 Å². The molecule has 1 amide bonds. The van der Waals surface area contributed by atoms with Crippen molar-refractivity contribution in [1.29, 1.82) is 0 Å². The van der Waals surface area contributed by atoms with Crippen LogP contribution in [0.5, 0.6) is 0 Å². The third kappa shape index (κ3) is 2.62. The Morgan fingerprint density at radius 3 is 2.35 bits per heavy atom. The molecule has 2 saturated carbocycles. The Morgan fingerprint density at radius 1 is 1.35 bits per heavy atom. The average Bonchev–Trinajstić information content (AvgIpc) is 3.11. The van der Waals surface area contributed by atoms with Crippen molar-refractivity contribution in [2.75, 3.05) is 0 Å². The van der Waals surface area contributed by atoms with Gasteiger partial charge in [0.15, 0.2) is 0 Å². The number of hydrogen-bond acceptors (Lipinski definition) is 2. The quantitative estimate of drug-likeness (QED) is 0.756. The molecule has 0 bridgehead atoms. The van der Waals surface area contributed by atoms with Crippen molar-refractivity contribution < 1.29 is 4.79 Å². The van der Waals surface area contributed by atoms with E-state index in [1.54, 1.807) is 0 Å². The zero-order chi connectivity index (χ0) is 12.5. The van der Waals surface area contributed by atoms with E-state index in [9.17, 15) is 4.79 Å². The molecule has 2 rings (SSSR count). The molecular weight excluding hydrogens is 232 g/mol. The van der Waals surface area contributed by atoms with E-state index >= 15 is 0 Å². The molecule has 0 spiro atoms. The highest BCUT2D eigenvalue weighted by atomic mass is 32.1. The minimum Gasteiger partial charge on any atom is -0.392 e. The van der Waals surface area contributed by atoms with Gasteiger partial charge in [-0.05, 0) is 44.4 Å². The molecule has 2 fully saturated rings. The molecule has 96 valence electrons. The Bertz CT molecular complexity index is 317. The molecule has 0 saturated heterocycles. The molecular formula is C13H22N2OS. The summed E-state index contributed by atoms with van der Waals surface area (Å²) in [5, 5.41) is 3.14. The van der Waals surface area contributed by atoms with E-state index in [0.29, 0.717) is 11.0 Å². The van der Waals surface area contributed by atoms with Gasteiger partial charge >= 0.3 is 0 Å². The Kier molecular flexibility index (Phi) is 3.71. The van der Waals surface area contributed by atoms with E-state index in [0.717, 1.165) is 31.6 Å². The first-order valence-electron chi connectivity index (χ1n) is 6.69. The van der Waals surface area contributed by atoms with Crippen LogP contribution in [-0.2, 0) is 4.79 Å². The molecule has 0 aromatic rings. The van der Waals surface area contributed by atoms with Crippen LogP contribution in [0.1, 0.15) is 51.9 Å². The van der Waals surface area contributed by atoms with Crippen LogP contribution in [0.3, 0.4) is 0 Å². The minimum atomic E-state index is -0.489. The van der Waals surface area contributed by atoms with E-state index in [1.807, 2.05) is 0 Å². The monoisotopic (exact) mass is 254 g/mol. The lowest BCUT2D eigenvalue weighted by Gasteiger charge is -2.29. The molecule has 0 heterocycles. The molecule has 0 radical (unpaired) electrons. The molecule has 2 aliphatic rings. The molecule has 17 heavy (non-hydrogen) atoms.